The molecule has 1 aliphatic heterocycles. The minimum Gasteiger partial charge on any atom is -0.394 e. The SMILES string of the molecule is CCCN1CCC(N[C@H](CO)c2ccc(Cl)cc2)CC1. The molecule has 1 fully saturated rings. The van der Waals surface area contributed by atoms with Gasteiger partial charge in [-0.2, -0.15) is 0 Å². The number of likely N-dealkylation sites (tertiary alicyclic amines) is 1. The van der Waals surface area contributed by atoms with Crippen molar-refractivity contribution in [2.45, 2.75) is 38.3 Å². The van der Waals surface area contributed by atoms with Gasteiger partial charge >= 0.3 is 0 Å². The minimum absolute atomic E-state index is 0.00925. The Labute approximate surface area is 126 Å². The maximum Gasteiger partial charge on any atom is 0.0626 e. The standard InChI is InChI=1S/C16H25ClN2O/c1-2-9-19-10-7-15(8-11-19)18-16(12-20)13-3-5-14(17)6-4-13/h3-6,15-16,18,20H,2,7-12H2,1H3/t16-/m1/s1. The van der Waals surface area contributed by atoms with Crippen molar-refractivity contribution in [3.8, 4) is 0 Å². The van der Waals surface area contributed by atoms with Crippen molar-refractivity contribution in [2.24, 2.45) is 0 Å². The Bertz CT molecular complexity index is 388. The normalized spacial score (nSPS) is 19.1. The van der Waals surface area contributed by atoms with E-state index in [-0.39, 0.29) is 12.6 Å². The monoisotopic (exact) mass is 296 g/mol. The lowest BCUT2D eigenvalue weighted by Gasteiger charge is -2.34. The molecule has 0 bridgehead atoms. The third-order valence-corrected chi connectivity index (χ3v) is 4.27. The van der Waals surface area contributed by atoms with E-state index in [0.717, 1.165) is 36.5 Å². The Balaban J connectivity index is 1.86. The van der Waals surface area contributed by atoms with Gasteiger partial charge in [0.2, 0.25) is 0 Å². The molecule has 4 heteroatoms. The van der Waals surface area contributed by atoms with Crippen LogP contribution in [0.4, 0.5) is 0 Å². The van der Waals surface area contributed by atoms with Gasteiger partial charge in [0.1, 0.15) is 0 Å². The molecule has 1 atom stereocenters. The fourth-order valence-electron chi connectivity index (χ4n) is 2.87. The number of aliphatic hydroxyl groups is 1. The van der Waals surface area contributed by atoms with Crippen LogP contribution < -0.4 is 5.32 Å². The van der Waals surface area contributed by atoms with Crippen LogP contribution in [0, 0.1) is 0 Å². The summed E-state index contributed by atoms with van der Waals surface area (Å²) in [6, 6.07) is 8.24. The Kier molecular flexibility index (Phi) is 6.30. The molecular weight excluding hydrogens is 272 g/mol. The topological polar surface area (TPSA) is 35.5 Å². The third-order valence-electron chi connectivity index (χ3n) is 4.02. The molecule has 0 amide bonds. The molecule has 0 aromatic heterocycles. The zero-order chi connectivity index (χ0) is 14.4. The maximum atomic E-state index is 9.61. The van der Waals surface area contributed by atoms with E-state index in [1.54, 1.807) is 0 Å². The van der Waals surface area contributed by atoms with Crippen molar-refractivity contribution in [3.63, 3.8) is 0 Å². The highest BCUT2D eigenvalue weighted by molar-refractivity contribution is 6.30. The van der Waals surface area contributed by atoms with Crippen LogP contribution in [0.25, 0.3) is 0 Å². The van der Waals surface area contributed by atoms with E-state index in [9.17, 15) is 5.11 Å². The first-order valence-corrected chi connectivity index (χ1v) is 7.95. The summed E-state index contributed by atoms with van der Waals surface area (Å²) in [5.74, 6) is 0. The minimum atomic E-state index is 0.00925. The van der Waals surface area contributed by atoms with Gasteiger partial charge in [-0.15, -0.1) is 0 Å². The second-order valence-corrected chi connectivity index (χ2v) is 6.01. The Morgan fingerprint density at radius 2 is 1.95 bits per heavy atom. The highest BCUT2D eigenvalue weighted by Crippen LogP contribution is 2.19. The second-order valence-electron chi connectivity index (χ2n) is 5.57. The number of nitrogens with zero attached hydrogens (tertiary/aromatic N) is 1. The fourth-order valence-corrected chi connectivity index (χ4v) is 3.00. The maximum absolute atomic E-state index is 9.61. The molecule has 3 nitrogen and oxygen atoms in total. The van der Waals surface area contributed by atoms with Crippen molar-refractivity contribution in [1.82, 2.24) is 10.2 Å². The largest absolute Gasteiger partial charge is 0.394 e. The van der Waals surface area contributed by atoms with Crippen LogP contribution in [0.15, 0.2) is 24.3 Å². The molecule has 0 radical (unpaired) electrons. The molecule has 1 aromatic carbocycles. The molecule has 1 heterocycles. The predicted octanol–water partition coefficient (Wildman–Crippen LogP) is 2.84. The summed E-state index contributed by atoms with van der Waals surface area (Å²) in [6.45, 7) is 5.87. The van der Waals surface area contributed by atoms with Crippen molar-refractivity contribution < 1.29 is 5.11 Å². The number of aliphatic hydroxyl groups excluding tert-OH is 1. The number of hydrogen-bond acceptors (Lipinski definition) is 3. The Hall–Kier alpha value is -0.610. The molecule has 0 spiro atoms. The molecule has 112 valence electrons. The van der Waals surface area contributed by atoms with Gasteiger partial charge in [0.25, 0.3) is 0 Å². The Morgan fingerprint density at radius 3 is 2.50 bits per heavy atom. The van der Waals surface area contributed by atoms with Crippen LogP contribution in [0.1, 0.15) is 37.8 Å². The molecule has 0 unspecified atom stereocenters. The summed E-state index contributed by atoms with van der Waals surface area (Å²) in [7, 11) is 0. The van der Waals surface area contributed by atoms with Gasteiger partial charge in [0, 0.05) is 11.1 Å². The smallest absolute Gasteiger partial charge is 0.0626 e. The first-order valence-electron chi connectivity index (χ1n) is 7.57. The number of halogens is 1. The van der Waals surface area contributed by atoms with Gasteiger partial charge in [0.05, 0.1) is 12.6 Å². The van der Waals surface area contributed by atoms with Gasteiger partial charge in [-0.3, -0.25) is 0 Å². The summed E-state index contributed by atoms with van der Waals surface area (Å²) in [4.78, 5) is 2.52. The van der Waals surface area contributed by atoms with E-state index >= 15 is 0 Å². The zero-order valence-corrected chi connectivity index (χ0v) is 12.9. The lowest BCUT2D eigenvalue weighted by atomic mass is 10.0. The van der Waals surface area contributed by atoms with Crippen LogP contribution in [0.3, 0.4) is 0 Å². The highest BCUT2D eigenvalue weighted by atomic mass is 35.5. The molecule has 20 heavy (non-hydrogen) atoms. The molecule has 0 aliphatic carbocycles. The predicted molar refractivity (Wildman–Crippen MR) is 84.2 cm³/mol. The second kappa shape index (κ2) is 7.99. The zero-order valence-electron chi connectivity index (χ0n) is 12.2. The van der Waals surface area contributed by atoms with Crippen LogP contribution in [0.5, 0.6) is 0 Å². The lowest BCUT2D eigenvalue weighted by Crippen LogP contribution is -2.44. The lowest BCUT2D eigenvalue weighted by molar-refractivity contribution is 0.172. The number of rotatable bonds is 6. The number of hydrogen-bond donors (Lipinski definition) is 2. The van der Waals surface area contributed by atoms with Gasteiger partial charge in [-0.1, -0.05) is 30.7 Å². The molecule has 2 N–H and O–H groups in total. The van der Waals surface area contributed by atoms with Gasteiger partial charge < -0.3 is 15.3 Å². The van der Waals surface area contributed by atoms with E-state index in [1.165, 1.54) is 13.0 Å². The van der Waals surface area contributed by atoms with Crippen molar-refractivity contribution in [3.05, 3.63) is 34.9 Å². The highest BCUT2D eigenvalue weighted by Gasteiger charge is 2.21. The third kappa shape index (κ3) is 4.45. The van der Waals surface area contributed by atoms with E-state index in [0.29, 0.717) is 6.04 Å². The summed E-state index contributed by atoms with van der Waals surface area (Å²) in [5, 5.41) is 13.9. The number of piperidine rings is 1. The molecule has 1 aliphatic rings. The Morgan fingerprint density at radius 1 is 1.30 bits per heavy atom. The average molecular weight is 297 g/mol. The van der Waals surface area contributed by atoms with Crippen molar-refractivity contribution >= 4 is 11.6 Å². The first-order chi connectivity index (χ1) is 9.72. The summed E-state index contributed by atoms with van der Waals surface area (Å²) < 4.78 is 0. The molecular formula is C16H25ClN2O. The fraction of sp³-hybridized carbons (Fsp3) is 0.625. The van der Waals surface area contributed by atoms with Crippen LogP contribution in [0.2, 0.25) is 5.02 Å². The quantitative estimate of drug-likeness (QED) is 0.847. The average Bonchev–Trinajstić information content (AvgIpc) is 2.48. The summed E-state index contributed by atoms with van der Waals surface area (Å²) in [6.07, 6.45) is 3.54. The molecule has 2 rings (SSSR count). The van der Waals surface area contributed by atoms with E-state index in [2.05, 4.69) is 17.1 Å². The van der Waals surface area contributed by atoms with Gasteiger partial charge in [0.15, 0.2) is 0 Å². The number of benzene rings is 1. The summed E-state index contributed by atoms with van der Waals surface area (Å²) >= 11 is 5.91. The molecule has 1 aromatic rings. The van der Waals surface area contributed by atoms with Crippen molar-refractivity contribution in [2.75, 3.05) is 26.2 Å². The van der Waals surface area contributed by atoms with Gasteiger partial charge in [-0.05, 0) is 56.6 Å². The van der Waals surface area contributed by atoms with Crippen LogP contribution in [-0.2, 0) is 0 Å². The van der Waals surface area contributed by atoms with Crippen LogP contribution >= 0.6 is 11.6 Å². The molecule has 0 saturated carbocycles. The van der Waals surface area contributed by atoms with Crippen molar-refractivity contribution in [1.29, 1.82) is 0 Å². The summed E-state index contributed by atoms with van der Waals surface area (Å²) in [5.41, 5.74) is 1.10. The number of nitrogens with one attached hydrogen (secondary N) is 1. The molecule has 1 saturated heterocycles. The first kappa shape index (κ1) is 15.8. The van der Waals surface area contributed by atoms with E-state index in [4.69, 9.17) is 11.6 Å². The van der Waals surface area contributed by atoms with E-state index in [1.807, 2.05) is 24.3 Å². The van der Waals surface area contributed by atoms with Crippen LogP contribution in [-0.4, -0.2) is 42.3 Å². The van der Waals surface area contributed by atoms with Gasteiger partial charge in [-0.25, -0.2) is 0 Å². The van der Waals surface area contributed by atoms with E-state index < -0.39 is 0 Å².